The minimum atomic E-state index is -0.166. The van der Waals surface area contributed by atoms with Crippen LogP contribution in [0.3, 0.4) is 0 Å². The Morgan fingerprint density at radius 3 is 2.94 bits per heavy atom. The second-order valence-electron chi connectivity index (χ2n) is 4.23. The topological polar surface area (TPSA) is 29.9 Å². The van der Waals surface area contributed by atoms with E-state index in [1.165, 1.54) is 6.07 Å². The van der Waals surface area contributed by atoms with Crippen molar-refractivity contribution in [3.8, 4) is 0 Å². The van der Waals surface area contributed by atoms with Crippen molar-refractivity contribution in [2.45, 2.75) is 19.9 Å². The third-order valence-electron chi connectivity index (χ3n) is 2.81. The normalized spacial score (nSPS) is 10.8. The monoisotopic (exact) mass is 247 g/mol. The highest BCUT2D eigenvalue weighted by atomic mass is 19.1. The molecule has 18 heavy (non-hydrogen) atoms. The molecular formula is C14H18FN3. The summed E-state index contributed by atoms with van der Waals surface area (Å²) in [5.74, 6) is -0.166. The largest absolute Gasteiger partial charge is 0.333 e. The van der Waals surface area contributed by atoms with Gasteiger partial charge in [0.1, 0.15) is 5.82 Å². The van der Waals surface area contributed by atoms with E-state index in [-0.39, 0.29) is 5.82 Å². The Kier molecular flexibility index (Phi) is 4.47. The molecule has 3 nitrogen and oxygen atoms in total. The molecule has 4 heteroatoms. The van der Waals surface area contributed by atoms with Gasteiger partial charge in [0.25, 0.3) is 0 Å². The summed E-state index contributed by atoms with van der Waals surface area (Å²) < 4.78 is 15.4. The number of imidazole rings is 1. The maximum Gasteiger partial charge on any atom is 0.128 e. The minimum Gasteiger partial charge on any atom is -0.333 e. The molecule has 1 aromatic heterocycles. The lowest BCUT2D eigenvalue weighted by Gasteiger charge is -2.03. The number of likely N-dealkylation sites (N-methyl/N-ethyl adjacent to an activating group) is 1. The van der Waals surface area contributed by atoms with Crippen LogP contribution in [0.4, 0.5) is 4.39 Å². The Morgan fingerprint density at radius 1 is 1.33 bits per heavy atom. The molecule has 0 aliphatic rings. The van der Waals surface area contributed by atoms with Crippen LogP contribution >= 0.6 is 0 Å². The van der Waals surface area contributed by atoms with Crippen LogP contribution in [0, 0.1) is 5.82 Å². The highest BCUT2D eigenvalue weighted by Crippen LogP contribution is 2.09. The molecule has 1 heterocycles. The molecule has 0 aliphatic heterocycles. The summed E-state index contributed by atoms with van der Waals surface area (Å²) in [4.78, 5) is 4.31. The van der Waals surface area contributed by atoms with Crippen molar-refractivity contribution < 1.29 is 4.39 Å². The van der Waals surface area contributed by atoms with Gasteiger partial charge in [0, 0.05) is 24.7 Å². The molecule has 0 radical (unpaired) electrons. The zero-order chi connectivity index (χ0) is 12.8. The Labute approximate surface area is 107 Å². The third kappa shape index (κ3) is 3.40. The lowest BCUT2D eigenvalue weighted by atomic mass is 10.2. The zero-order valence-electron chi connectivity index (χ0n) is 10.6. The van der Waals surface area contributed by atoms with Crippen LogP contribution in [-0.2, 0) is 13.0 Å². The van der Waals surface area contributed by atoms with E-state index in [0.29, 0.717) is 12.1 Å². The fraction of sp³-hybridized carbons (Fsp3) is 0.357. The van der Waals surface area contributed by atoms with Gasteiger partial charge >= 0.3 is 0 Å². The van der Waals surface area contributed by atoms with Crippen LogP contribution in [0.25, 0.3) is 0 Å². The third-order valence-corrected chi connectivity index (χ3v) is 2.81. The first-order valence-corrected chi connectivity index (χ1v) is 6.24. The molecule has 2 aromatic rings. The van der Waals surface area contributed by atoms with Crippen LogP contribution in [0.1, 0.15) is 18.2 Å². The summed E-state index contributed by atoms with van der Waals surface area (Å²) in [6.45, 7) is 4.50. The molecule has 0 aliphatic carbocycles. The summed E-state index contributed by atoms with van der Waals surface area (Å²) in [5.41, 5.74) is 1.72. The van der Waals surface area contributed by atoms with E-state index in [1.54, 1.807) is 18.5 Å². The number of aromatic nitrogens is 2. The van der Waals surface area contributed by atoms with E-state index >= 15 is 0 Å². The summed E-state index contributed by atoms with van der Waals surface area (Å²) in [5, 5.41) is 3.26. The number of rotatable bonds is 6. The highest BCUT2D eigenvalue weighted by Gasteiger charge is 2.03. The molecule has 0 unspecified atom stereocenters. The molecule has 0 fully saturated rings. The number of nitrogens with one attached hydrogen (secondary N) is 1. The van der Waals surface area contributed by atoms with Crippen molar-refractivity contribution in [2.75, 3.05) is 13.1 Å². The van der Waals surface area contributed by atoms with E-state index in [4.69, 9.17) is 0 Å². The van der Waals surface area contributed by atoms with Crippen molar-refractivity contribution in [3.05, 3.63) is 53.9 Å². The van der Waals surface area contributed by atoms with Gasteiger partial charge in [0.15, 0.2) is 0 Å². The number of benzene rings is 1. The van der Waals surface area contributed by atoms with E-state index in [2.05, 4.69) is 17.2 Å². The molecule has 2 rings (SSSR count). The lowest BCUT2D eigenvalue weighted by Crippen LogP contribution is -2.16. The quantitative estimate of drug-likeness (QED) is 0.793. The Hall–Kier alpha value is -1.68. The van der Waals surface area contributed by atoms with E-state index in [1.807, 2.05) is 16.8 Å². The Bertz CT molecular complexity index is 493. The van der Waals surface area contributed by atoms with Crippen LogP contribution in [-0.4, -0.2) is 22.6 Å². The molecule has 0 atom stereocenters. The molecule has 0 amide bonds. The molecule has 0 saturated heterocycles. The van der Waals surface area contributed by atoms with Gasteiger partial charge in [0.2, 0.25) is 0 Å². The van der Waals surface area contributed by atoms with Gasteiger partial charge in [-0.2, -0.15) is 0 Å². The molecular weight excluding hydrogens is 229 g/mol. The standard InChI is InChI=1S/C14H18FN3/c1-2-16-8-7-13-10-18(11-17-13)9-12-5-3-4-6-14(12)15/h3-6,10-11,16H,2,7-9H2,1H3. The molecule has 0 saturated carbocycles. The number of hydrogen-bond acceptors (Lipinski definition) is 2. The van der Waals surface area contributed by atoms with Crippen molar-refractivity contribution in [3.63, 3.8) is 0 Å². The van der Waals surface area contributed by atoms with Gasteiger partial charge in [-0.05, 0) is 12.6 Å². The van der Waals surface area contributed by atoms with Crippen LogP contribution in [0.2, 0.25) is 0 Å². The van der Waals surface area contributed by atoms with Crippen molar-refractivity contribution >= 4 is 0 Å². The predicted molar refractivity (Wildman–Crippen MR) is 70.0 cm³/mol. The number of halogens is 1. The summed E-state index contributed by atoms with van der Waals surface area (Å²) >= 11 is 0. The average molecular weight is 247 g/mol. The fourth-order valence-electron chi connectivity index (χ4n) is 1.84. The van der Waals surface area contributed by atoms with E-state index in [0.717, 1.165) is 25.2 Å². The lowest BCUT2D eigenvalue weighted by molar-refractivity contribution is 0.599. The van der Waals surface area contributed by atoms with Gasteiger partial charge in [0.05, 0.1) is 18.6 Å². The number of hydrogen-bond donors (Lipinski definition) is 1. The first-order chi connectivity index (χ1) is 8.79. The van der Waals surface area contributed by atoms with Gasteiger partial charge in [-0.3, -0.25) is 0 Å². The zero-order valence-corrected chi connectivity index (χ0v) is 10.6. The molecule has 0 bridgehead atoms. The van der Waals surface area contributed by atoms with Crippen LogP contribution in [0.5, 0.6) is 0 Å². The first-order valence-electron chi connectivity index (χ1n) is 6.24. The highest BCUT2D eigenvalue weighted by molar-refractivity contribution is 5.18. The van der Waals surface area contributed by atoms with Crippen LogP contribution < -0.4 is 5.32 Å². The van der Waals surface area contributed by atoms with Gasteiger partial charge in [-0.1, -0.05) is 25.1 Å². The maximum absolute atomic E-state index is 13.5. The van der Waals surface area contributed by atoms with Gasteiger partial charge in [-0.25, -0.2) is 9.37 Å². The molecule has 1 N–H and O–H groups in total. The minimum absolute atomic E-state index is 0.166. The molecule has 1 aromatic carbocycles. The fourth-order valence-corrected chi connectivity index (χ4v) is 1.84. The summed E-state index contributed by atoms with van der Waals surface area (Å²) in [6, 6.07) is 6.84. The molecule has 96 valence electrons. The van der Waals surface area contributed by atoms with Gasteiger partial charge < -0.3 is 9.88 Å². The maximum atomic E-state index is 13.5. The van der Waals surface area contributed by atoms with E-state index < -0.39 is 0 Å². The Balaban J connectivity index is 1.96. The second-order valence-corrected chi connectivity index (χ2v) is 4.23. The van der Waals surface area contributed by atoms with Crippen molar-refractivity contribution in [1.82, 2.24) is 14.9 Å². The van der Waals surface area contributed by atoms with Crippen LogP contribution in [0.15, 0.2) is 36.8 Å². The van der Waals surface area contributed by atoms with Crippen molar-refractivity contribution in [2.24, 2.45) is 0 Å². The summed E-state index contributed by atoms with van der Waals surface area (Å²) in [6.07, 6.45) is 4.63. The predicted octanol–water partition coefficient (Wildman–Crippen LogP) is 2.22. The smallest absolute Gasteiger partial charge is 0.128 e. The van der Waals surface area contributed by atoms with Gasteiger partial charge in [-0.15, -0.1) is 0 Å². The average Bonchev–Trinajstić information content (AvgIpc) is 2.80. The van der Waals surface area contributed by atoms with Crippen molar-refractivity contribution in [1.29, 1.82) is 0 Å². The first kappa shape index (κ1) is 12.8. The Morgan fingerprint density at radius 2 is 2.17 bits per heavy atom. The SMILES string of the molecule is CCNCCc1cn(Cc2ccccc2F)cn1. The molecule has 0 spiro atoms. The number of nitrogens with zero attached hydrogens (tertiary/aromatic N) is 2. The second kappa shape index (κ2) is 6.31. The van der Waals surface area contributed by atoms with E-state index in [9.17, 15) is 4.39 Å². The summed E-state index contributed by atoms with van der Waals surface area (Å²) in [7, 11) is 0.